The standard InChI is InChI=1S/C20H17F3N2O4/c21-20(22,23)14-7-5-12(6-8-14)11-29-19(28)25-17(18(26)27)9-13-10-24-16-4-2-1-3-15(13)16/h1-8,10,17,24H,9,11H2,(H,25,28)(H,26,27)/t17-/m0/s1. The lowest BCUT2D eigenvalue weighted by atomic mass is 10.1. The van der Waals surface area contributed by atoms with Crippen molar-refractivity contribution in [1.82, 2.24) is 10.3 Å². The van der Waals surface area contributed by atoms with Crippen LogP contribution in [0, 0.1) is 0 Å². The van der Waals surface area contributed by atoms with Gasteiger partial charge < -0.3 is 20.1 Å². The number of benzene rings is 2. The number of amides is 1. The van der Waals surface area contributed by atoms with Crippen molar-refractivity contribution in [1.29, 1.82) is 0 Å². The van der Waals surface area contributed by atoms with Crippen LogP contribution in [0.15, 0.2) is 54.7 Å². The summed E-state index contributed by atoms with van der Waals surface area (Å²) in [4.78, 5) is 26.5. The molecule has 2 aromatic carbocycles. The van der Waals surface area contributed by atoms with Crippen molar-refractivity contribution >= 4 is 23.0 Å². The van der Waals surface area contributed by atoms with Crippen LogP contribution in [0.1, 0.15) is 16.7 Å². The highest BCUT2D eigenvalue weighted by atomic mass is 19.4. The lowest BCUT2D eigenvalue weighted by Crippen LogP contribution is -2.42. The summed E-state index contributed by atoms with van der Waals surface area (Å²) in [5.41, 5.74) is 1.10. The van der Waals surface area contributed by atoms with Crippen LogP contribution in [0.5, 0.6) is 0 Å². The van der Waals surface area contributed by atoms with Crippen LogP contribution >= 0.6 is 0 Å². The van der Waals surface area contributed by atoms with E-state index in [0.29, 0.717) is 5.56 Å². The van der Waals surface area contributed by atoms with Gasteiger partial charge in [0, 0.05) is 23.5 Å². The van der Waals surface area contributed by atoms with Gasteiger partial charge >= 0.3 is 18.2 Å². The highest BCUT2D eigenvalue weighted by Crippen LogP contribution is 2.29. The minimum Gasteiger partial charge on any atom is -0.480 e. The Kier molecular flexibility index (Phi) is 5.76. The third-order valence-corrected chi connectivity index (χ3v) is 4.34. The summed E-state index contributed by atoms with van der Waals surface area (Å²) in [6.07, 6.45) is -3.71. The smallest absolute Gasteiger partial charge is 0.416 e. The number of rotatable bonds is 6. The largest absolute Gasteiger partial charge is 0.480 e. The first-order chi connectivity index (χ1) is 13.7. The maximum atomic E-state index is 12.6. The Hall–Kier alpha value is -3.49. The van der Waals surface area contributed by atoms with E-state index in [-0.39, 0.29) is 13.0 Å². The van der Waals surface area contributed by atoms with E-state index in [1.54, 1.807) is 6.20 Å². The zero-order valence-electron chi connectivity index (χ0n) is 15.0. The predicted molar refractivity (Wildman–Crippen MR) is 98.2 cm³/mol. The molecule has 9 heteroatoms. The molecule has 1 aromatic heterocycles. The summed E-state index contributed by atoms with van der Waals surface area (Å²) in [5.74, 6) is -1.23. The molecule has 1 amide bonds. The third-order valence-electron chi connectivity index (χ3n) is 4.34. The number of carboxylic acids is 1. The summed E-state index contributed by atoms with van der Waals surface area (Å²) in [6.45, 7) is -0.288. The maximum Gasteiger partial charge on any atom is 0.416 e. The Labute approximate surface area is 163 Å². The first-order valence-corrected chi connectivity index (χ1v) is 8.61. The van der Waals surface area contributed by atoms with Crippen LogP contribution in [0.25, 0.3) is 10.9 Å². The molecule has 0 unspecified atom stereocenters. The van der Waals surface area contributed by atoms with Crippen LogP contribution in [0.3, 0.4) is 0 Å². The Morgan fingerprint density at radius 2 is 1.79 bits per heavy atom. The molecule has 1 atom stereocenters. The van der Waals surface area contributed by atoms with E-state index in [1.807, 2.05) is 24.3 Å². The summed E-state index contributed by atoms with van der Waals surface area (Å²) in [5, 5.41) is 12.5. The molecule has 0 saturated heterocycles. The van der Waals surface area contributed by atoms with Crippen molar-refractivity contribution in [2.24, 2.45) is 0 Å². The highest BCUT2D eigenvalue weighted by Gasteiger charge is 2.30. The van der Waals surface area contributed by atoms with Crippen LogP contribution in [0.2, 0.25) is 0 Å². The van der Waals surface area contributed by atoms with Crippen LogP contribution in [-0.4, -0.2) is 28.2 Å². The fourth-order valence-corrected chi connectivity index (χ4v) is 2.84. The van der Waals surface area contributed by atoms with E-state index in [4.69, 9.17) is 4.74 Å². The number of aromatic amines is 1. The number of alkyl halides is 3. The lowest BCUT2D eigenvalue weighted by Gasteiger charge is -2.14. The average molecular weight is 406 g/mol. The molecule has 3 N–H and O–H groups in total. The summed E-state index contributed by atoms with van der Waals surface area (Å²) in [7, 11) is 0. The van der Waals surface area contributed by atoms with Gasteiger partial charge in [-0.15, -0.1) is 0 Å². The van der Waals surface area contributed by atoms with E-state index < -0.39 is 29.8 Å². The molecule has 3 aromatic rings. The van der Waals surface area contributed by atoms with E-state index >= 15 is 0 Å². The molecular weight excluding hydrogens is 389 g/mol. The summed E-state index contributed by atoms with van der Waals surface area (Å²) < 4.78 is 42.6. The van der Waals surface area contributed by atoms with Crippen molar-refractivity contribution in [3.8, 4) is 0 Å². The number of carbonyl (C=O) groups excluding carboxylic acids is 1. The molecule has 152 valence electrons. The molecule has 0 fully saturated rings. The minimum atomic E-state index is -4.45. The molecule has 6 nitrogen and oxygen atoms in total. The minimum absolute atomic E-state index is 0.0364. The first-order valence-electron chi connectivity index (χ1n) is 8.61. The SMILES string of the molecule is O=C(N[C@@H](Cc1c[nH]c2ccccc12)C(=O)O)OCc1ccc(C(F)(F)F)cc1. The number of hydrogen-bond donors (Lipinski definition) is 3. The number of para-hydroxylation sites is 1. The molecule has 0 spiro atoms. The molecule has 0 radical (unpaired) electrons. The van der Waals surface area contributed by atoms with E-state index in [2.05, 4.69) is 10.3 Å². The van der Waals surface area contributed by atoms with Crippen molar-refractivity contribution in [3.63, 3.8) is 0 Å². The van der Waals surface area contributed by atoms with Crippen molar-refractivity contribution in [2.75, 3.05) is 0 Å². The van der Waals surface area contributed by atoms with Gasteiger partial charge in [-0.25, -0.2) is 9.59 Å². The molecule has 3 rings (SSSR count). The fraction of sp³-hybridized carbons (Fsp3) is 0.200. The quantitative estimate of drug-likeness (QED) is 0.575. The number of hydrogen-bond acceptors (Lipinski definition) is 3. The number of H-pyrrole nitrogens is 1. The van der Waals surface area contributed by atoms with Crippen LogP contribution < -0.4 is 5.32 Å². The number of fused-ring (bicyclic) bond motifs is 1. The second-order valence-corrected chi connectivity index (χ2v) is 6.37. The van der Waals surface area contributed by atoms with Gasteiger partial charge in [-0.05, 0) is 29.3 Å². The van der Waals surface area contributed by atoms with Gasteiger partial charge in [-0.2, -0.15) is 13.2 Å². The van der Waals surface area contributed by atoms with Crippen molar-refractivity contribution in [3.05, 3.63) is 71.4 Å². The van der Waals surface area contributed by atoms with Gasteiger partial charge in [0.2, 0.25) is 0 Å². The lowest BCUT2D eigenvalue weighted by molar-refractivity contribution is -0.139. The van der Waals surface area contributed by atoms with Gasteiger partial charge in [0.15, 0.2) is 0 Å². The van der Waals surface area contributed by atoms with Gasteiger partial charge in [0.25, 0.3) is 0 Å². The predicted octanol–water partition coefficient (Wildman–Crippen LogP) is 4.11. The Morgan fingerprint density at radius 1 is 1.10 bits per heavy atom. The van der Waals surface area contributed by atoms with E-state index in [1.165, 1.54) is 12.1 Å². The van der Waals surface area contributed by atoms with Gasteiger partial charge in [-0.1, -0.05) is 30.3 Å². The molecular formula is C20H17F3N2O4. The Bertz CT molecular complexity index is 1010. The zero-order chi connectivity index (χ0) is 21.0. The maximum absolute atomic E-state index is 12.6. The Morgan fingerprint density at radius 3 is 2.45 bits per heavy atom. The molecule has 29 heavy (non-hydrogen) atoms. The molecule has 0 aliphatic carbocycles. The van der Waals surface area contributed by atoms with Gasteiger partial charge in [0.05, 0.1) is 5.56 Å². The molecule has 0 saturated carbocycles. The van der Waals surface area contributed by atoms with E-state index in [9.17, 15) is 27.9 Å². The molecule has 0 bridgehead atoms. The van der Waals surface area contributed by atoms with Crippen LogP contribution in [-0.2, 0) is 28.7 Å². The number of aromatic nitrogens is 1. The third kappa shape index (κ3) is 5.07. The second-order valence-electron chi connectivity index (χ2n) is 6.37. The van der Waals surface area contributed by atoms with Crippen molar-refractivity contribution < 1.29 is 32.6 Å². The number of alkyl carbamates (subject to hydrolysis) is 1. The normalized spacial score (nSPS) is 12.5. The van der Waals surface area contributed by atoms with Crippen LogP contribution in [0.4, 0.5) is 18.0 Å². The monoisotopic (exact) mass is 406 g/mol. The number of halogens is 3. The number of carboxylic acid groups (broad SMARTS) is 1. The zero-order valence-corrected chi connectivity index (χ0v) is 15.0. The number of carbonyl (C=O) groups is 2. The van der Waals surface area contributed by atoms with Crippen molar-refractivity contribution in [2.45, 2.75) is 25.2 Å². The van der Waals surface area contributed by atoms with Gasteiger partial charge in [0.1, 0.15) is 12.6 Å². The molecule has 0 aliphatic heterocycles. The molecule has 1 heterocycles. The highest BCUT2D eigenvalue weighted by molar-refractivity contribution is 5.85. The molecule has 0 aliphatic rings. The van der Waals surface area contributed by atoms with E-state index in [0.717, 1.165) is 28.6 Å². The number of aliphatic carboxylic acids is 1. The van der Waals surface area contributed by atoms with Gasteiger partial charge in [-0.3, -0.25) is 0 Å². The number of ether oxygens (including phenoxy) is 1. The Balaban J connectivity index is 1.59. The summed E-state index contributed by atoms with van der Waals surface area (Å²) in [6, 6.07) is 10.3. The average Bonchev–Trinajstić information content (AvgIpc) is 3.08. The topological polar surface area (TPSA) is 91.4 Å². The second kappa shape index (κ2) is 8.26. The summed E-state index contributed by atoms with van der Waals surface area (Å²) >= 11 is 0. The fourth-order valence-electron chi connectivity index (χ4n) is 2.84. The number of nitrogens with one attached hydrogen (secondary N) is 2. The first kappa shape index (κ1) is 20.2.